The number of carbonyl (C=O) groups is 3. The topological polar surface area (TPSA) is 108 Å². The lowest BCUT2D eigenvalue weighted by molar-refractivity contribution is -0.140. The van der Waals surface area contributed by atoms with Crippen molar-refractivity contribution >= 4 is 17.9 Å². The number of carbonyl (C=O) groups excluding carboxylic acids is 2. The number of rotatable bonds is 9. The maximum absolute atomic E-state index is 11.6. The second-order valence-electron chi connectivity index (χ2n) is 5.55. The predicted molar refractivity (Wildman–Crippen MR) is 79.9 cm³/mol. The van der Waals surface area contributed by atoms with Gasteiger partial charge in [0, 0.05) is 19.5 Å². The largest absolute Gasteiger partial charge is 0.480 e. The number of hydrogen-bond acceptors (Lipinski definition) is 3. The van der Waals surface area contributed by atoms with Crippen molar-refractivity contribution in [2.24, 2.45) is 11.8 Å². The Morgan fingerprint density at radius 1 is 1.10 bits per heavy atom. The minimum absolute atomic E-state index is 0.138. The van der Waals surface area contributed by atoms with Crippen molar-refractivity contribution in [3.63, 3.8) is 0 Å². The summed E-state index contributed by atoms with van der Waals surface area (Å²) in [6.45, 7) is 8.38. The van der Waals surface area contributed by atoms with E-state index in [2.05, 4.69) is 16.0 Å². The van der Waals surface area contributed by atoms with Gasteiger partial charge in [-0.1, -0.05) is 34.1 Å². The van der Waals surface area contributed by atoms with Crippen LogP contribution in [0.15, 0.2) is 0 Å². The van der Waals surface area contributed by atoms with E-state index in [9.17, 15) is 14.4 Å². The zero-order valence-corrected chi connectivity index (χ0v) is 13.2. The van der Waals surface area contributed by atoms with Crippen molar-refractivity contribution in [3.05, 3.63) is 0 Å². The molecule has 0 spiro atoms. The van der Waals surface area contributed by atoms with E-state index in [0.717, 1.165) is 0 Å². The first kappa shape index (κ1) is 19.2. The summed E-state index contributed by atoms with van der Waals surface area (Å²) in [7, 11) is 0. The Labute approximate surface area is 125 Å². The van der Waals surface area contributed by atoms with Crippen LogP contribution in [-0.2, 0) is 9.59 Å². The lowest BCUT2D eigenvalue weighted by atomic mass is 9.99. The van der Waals surface area contributed by atoms with Gasteiger partial charge in [-0.2, -0.15) is 0 Å². The Morgan fingerprint density at radius 3 is 2.19 bits per heavy atom. The van der Waals surface area contributed by atoms with Crippen molar-refractivity contribution in [3.8, 4) is 0 Å². The van der Waals surface area contributed by atoms with Gasteiger partial charge in [0.1, 0.15) is 6.04 Å². The number of urea groups is 1. The van der Waals surface area contributed by atoms with Crippen LogP contribution in [0.2, 0.25) is 0 Å². The molecule has 0 aliphatic heterocycles. The fourth-order valence-electron chi connectivity index (χ4n) is 1.57. The maximum atomic E-state index is 11.6. The Kier molecular flexibility index (Phi) is 9.16. The monoisotopic (exact) mass is 301 g/mol. The van der Waals surface area contributed by atoms with Gasteiger partial charge in [0.2, 0.25) is 5.91 Å². The summed E-state index contributed by atoms with van der Waals surface area (Å²) in [5.74, 6) is -0.991. The molecule has 4 N–H and O–H groups in total. The third-order valence-electron chi connectivity index (χ3n) is 3.11. The third kappa shape index (κ3) is 8.88. The van der Waals surface area contributed by atoms with Crippen molar-refractivity contribution in [2.45, 2.75) is 46.6 Å². The second-order valence-corrected chi connectivity index (χ2v) is 5.55. The summed E-state index contributed by atoms with van der Waals surface area (Å²) < 4.78 is 0. The number of amides is 3. The Hall–Kier alpha value is -1.79. The average molecular weight is 301 g/mol. The normalized spacial score (nSPS) is 13.4. The van der Waals surface area contributed by atoms with Crippen LogP contribution >= 0.6 is 0 Å². The second kappa shape index (κ2) is 10.0. The highest BCUT2D eigenvalue weighted by atomic mass is 16.4. The number of hydrogen-bond donors (Lipinski definition) is 4. The predicted octanol–water partition coefficient (Wildman–Crippen LogP) is 0.947. The molecule has 0 heterocycles. The molecule has 0 saturated carbocycles. The number of carboxylic acids is 1. The van der Waals surface area contributed by atoms with Gasteiger partial charge < -0.3 is 21.1 Å². The van der Waals surface area contributed by atoms with Gasteiger partial charge in [0.25, 0.3) is 0 Å². The molecule has 0 aromatic rings. The lowest BCUT2D eigenvalue weighted by Gasteiger charge is -2.20. The molecular weight excluding hydrogens is 274 g/mol. The molecule has 0 bridgehead atoms. The van der Waals surface area contributed by atoms with Gasteiger partial charge in [0.15, 0.2) is 0 Å². The standard InChI is InChI=1S/C14H27N3O4/c1-5-10(4)12(13(19)20)17-14(21)15-7-6-11(18)16-8-9(2)3/h9-10,12H,5-8H2,1-4H3,(H,16,18)(H,19,20)(H2,15,17,21). The Morgan fingerprint density at radius 2 is 1.71 bits per heavy atom. The molecule has 7 nitrogen and oxygen atoms in total. The molecular formula is C14H27N3O4. The maximum Gasteiger partial charge on any atom is 0.326 e. The van der Waals surface area contributed by atoms with Gasteiger partial charge in [-0.25, -0.2) is 9.59 Å². The lowest BCUT2D eigenvalue weighted by Crippen LogP contribution is -2.49. The zero-order chi connectivity index (χ0) is 16.4. The van der Waals surface area contributed by atoms with Gasteiger partial charge in [-0.3, -0.25) is 4.79 Å². The van der Waals surface area contributed by atoms with Crippen LogP contribution in [0.25, 0.3) is 0 Å². The van der Waals surface area contributed by atoms with E-state index in [0.29, 0.717) is 18.9 Å². The summed E-state index contributed by atoms with van der Waals surface area (Å²) in [5, 5.41) is 16.7. The highest BCUT2D eigenvalue weighted by Gasteiger charge is 2.25. The van der Waals surface area contributed by atoms with Gasteiger partial charge in [0.05, 0.1) is 0 Å². The van der Waals surface area contributed by atoms with E-state index in [-0.39, 0.29) is 24.8 Å². The minimum Gasteiger partial charge on any atom is -0.480 e. The van der Waals surface area contributed by atoms with Crippen LogP contribution < -0.4 is 16.0 Å². The summed E-state index contributed by atoms with van der Waals surface area (Å²) in [6.07, 6.45) is 0.816. The zero-order valence-electron chi connectivity index (χ0n) is 13.2. The SMILES string of the molecule is CCC(C)C(NC(=O)NCCC(=O)NCC(C)C)C(=O)O. The van der Waals surface area contributed by atoms with Crippen molar-refractivity contribution in [1.29, 1.82) is 0 Å². The van der Waals surface area contributed by atoms with Crippen LogP contribution in [0.1, 0.15) is 40.5 Å². The summed E-state index contributed by atoms with van der Waals surface area (Å²) in [4.78, 5) is 34.1. The highest BCUT2D eigenvalue weighted by Crippen LogP contribution is 2.07. The molecule has 2 atom stereocenters. The number of aliphatic carboxylic acids is 1. The van der Waals surface area contributed by atoms with Crippen LogP contribution in [0, 0.1) is 11.8 Å². The first-order valence-corrected chi connectivity index (χ1v) is 7.31. The van der Waals surface area contributed by atoms with E-state index in [1.807, 2.05) is 20.8 Å². The van der Waals surface area contributed by atoms with Crippen molar-refractivity contribution in [2.75, 3.05) is 13.1 Å². The van der Waals surface area contributed by atoms with E-state index in [4.69, 9.17) is 5.11 Å². The molecule has 2 unspecified atom stereocenters. The molecule has 0 fully saturated rings. The van der Waals surface area contributed by atoms with Gasteiger partial charge in [-0.15, -0.1) is 0 Å². The molecule has 0 rings (SSSR count). The summed E-state index contributed by atoms with van der Waals surface area (Å²) >= 11 is 0. The highest BCUT2D eigenvalue weighted by molar-refractivity contribution is 5.83. The van der Waals surface area contributed by atoms with E-state index in [1.54, 1.807) is 6.92 Å². The first-order chi connectivity index (χ1) is 9.77. The molecule has 0 aromatic heterocycles. The summed E-state index contributed by atoms with van der Waals surface area (Å²) in [6, 6.07) is -1.50. The smallest absolute Gasteiger partial charge is 0.326 e. The number of nitrogens with one attached hydrogen (secondary N) is 3. The quantitative estimate of drug-likeness (QED) is 0.508. The van der Waals surface area contributed by atoms with E-state index < -0.39 is 18.0 Å². The van der Waals surface area contributed by atoms with E-state index >= 15 is 0 Å². The van der Waals surface area contributed by atoms with Gasteiger partial charge in [-0.05, 0) is 11.8 Å². The molecule has 0 aliphatic carbocycles. The Balaban J connectivity index is 4.03. The molecule has 21 heavy (non-hydrogen) atoms. The third-order valence-corrected chi connectivity index (χ3v) is 3.11. The minimum atomic E-state index is -1.06. The van der Waals surface area contributed by atoms with Crippen LogP contribution in [0.5, 0.6) is 0 Å². The molecule has 0 aliphatic rings. The first-order valence-electron chi connectivity index (χ1n) is 7.31. The van der Waals surface area contributed by atoms with Crippen LogP contribution in [0.4, 0.5) is 4.79 Å². The fraction of sp³-hybridized carbons (Fsp3) is 0.786. The molecule has 7 heteroatoms. The van der Waals surface area contributed by atoms with Crippen LogP contribution in [-0.4, -0.2) is 42.1 Å². The Bertz CT molecular complexity index is 358. The summed E-state index contributed by atoms with van der Waals surface area (Å²) in [5.41, 5.74) is 0. The average Bonchev–Trinajstić information content (AvgIpc) is 2.41. The van der Waals surface area contributed by atoms with E-state index in [1.165, 1.54) is 0 Å². The van der Waals surface area contributed by atoms with Crippen molar-refractivity contribution in [1.82, 2.24) is 16.0 Å². The molecule has 0 radical (unpaired) electrons. The molecule has 122 valence electrons. The van der Waals surface area contributed by atoms with Crippen molar-refractivity contribution < 1.29 is 19.5 Å². The van der Waals surface area contributed by atoms with Crippen LogP contribution in [0.3, 0.4) is 0 Å². The number of carboxylic acid groups (broad SMARTS) is 1. The molecule has 0 aromatic carbocycles. The molecule has 0 saturated heterocycles. The molecule has 3 amide bonds. The fourth-order valence-corrected chi connectivity index (χ4v) is 1.57. The van der Waals surface area contributed by atoms with Gasteiger partial charge >= 0.3 is 12.0 Å².